The summed E-state index contributed by atoms with van der Waals surface area (Å²) < 4.78 is 67.9. The zero-order chi connectivity index (χ0) is 47.3. The Balaban J connectivity index is 1.17. The SMILES string of the molecule is C=CCCO[C@@H]1O[C@@H](COCc2ccccc2)[C@@H](O[C@@H]2OC(COCc3ccccc3)[C@H](O)[C@H](OCc3ccccc3)C2OCc2ccccc2)C(OCc2ccccc2)C1OCc1ccccc1. The molecule has 11 heteroatoms. The molecule has 10 atom stereocenters. The highest BCUT2D eigenvalue weighted by Gasteiger charge is 2.54. The minimum Gasteiger partial charge on any atom is -0.387 e. The minimum atomic E-state index is -1.17. The molecule has 0 aromatic heterocycles. The molecular weight excluding hydrogens is 873 g/mol. The lowest BCUT2D eigenvalue weighted by atomic mass is 9.96. The van der Waals surface area contributed by atoms with Gasteiger partial charge in [0.15, 0.2) is 12.6 Å². The van der Waals surface area contributed by atoms with Crippen molar-refractivity contribution in [2.45, 2.75) is 107 Å². The van der Waals surface area contributed by atoms with E-state index >= 15 is 0 Å². The van der Waals surface area contributed by atoms with Gasteiger partial charge < -0.3 is 52.5 Å². The quantitative estimate of drug-likeness (QED) is 0.0415. The van der Waals surface area contributed by atoms with Gasteiger partial charge in [0.1, 0.15) is 48.8 Å². The molecule has 0 amide bonds. The van der Waals surface area contributed by atoms with Crippen molar-refractivity contribution in [1.29, 1.82) is 0 Å². The molecule has 11 nitrogen and oxygen atoms in total. The van der Waals surface area contributed by atoms with Crippen molar-refractivity contribution in [3.8, 4) is 0 Å². The van der Waals surface area contributed by atoms with E-state index < -0.39 is 61.4 Å². The van der Waals surface area contributed by atoms with Gasteiger partial charge in [-0.2, -0.15) is 0 Å². The summed E-state index contributed by atoms with van der Waals surface area (Å²) >= 11 is 0. The van der Waals surface area contributed by atoms with Gasteiger partial charge in [-0.05, 0) is 39.8 Å². The molecule has 0 bridgehead atoms. The Labute approximate surface area is 406 Å². The first kappa shape index (κ1) is 50.0. The van der Waals surface area contributed by atoms with Crippen molar-refractivity contribution in [1.82, 2.24) is 0 Å². The third-order valence-corrected chi connectivity index (χ3v) is 12.0. The predicted molar refractivity (Wildman–Crippen MR) is 261 cm³/mol. The lowest BCUT2D eigenvalue weighted by Gasteiger charge is -2.49. The molecule has 2 heterocycles. The Hall–Kier alpha value is -5.38. The topological polar surface area (TPSA) is 113 Å². The first-order valence-corrected chi connectivity index (χ1v) is 23.8. The van der Waals surface area contributed by atoms with Gasteiger partial charge in [-0.3, -0.25) is 0 Å². The molecule has 2 aliphatic heterocycles. The fraction of sp³-hybridized carbons (Fsp3) is 0.345. The molecule has 2 aliphatic rings. The Morgan fingerprint density at radius 1 is 0.391 bits per heavy atom. The Morgan fingerprint density at radius 3 is 1.16 bits per heavy atom. The highest BCUT2D eigenvalue weighted by Crippen LogP contribution is 2.36. The number of aliphatic hydroxyl groups excluding tert-OH is 1. The van der Waals surface area contributed by atoms with Gasteiger partial charge in [0.25, 0.3) is 0 Å². The molecule has 69 heavy (non-hydrogen) atoms. The average molecular weight is 937 g/mol. The van der Waals surface area contributed by atoms with Crippen molar-refractivity contribution < 1.29 is 52.5 Å². The second-order valence-electron chi connectivity index (χ2n) is 17.2. The molecule has 2 fully saturated rings. The second kappa shape index (κ2) is 27.1. The molecule has 362 valence electrons. The molecule has 1 N–H and O–H groups in total. The first-order chi connectivity index (χ1) is 34.1. The normalized spacial score (nSPS) is 24.7. The smallest absolute Gasteiger partial charge is 0.187 e. The average Bonchev–Trinajstić information content (AvgIpc) is 3.40. The van der Waals surface area contributed by atoms with Crippen LogP contribution in [0, 0.1) is 0 Å². The van der Waals surface area contributed by atoms with E-state index in [-0.39, 0.29) is 39.6 Å². The molecule has 0 spiro atoms. The molecule has 0 radical (unpaired) electrons. The summed E-state index contributed by atoms with van der Waals surface area (Å²) in [7, 11) is 0. The predicted octanol–water partition coefficient (Wildman–Crippen LogP) is 9.55. The van der Waals surface area contributed by atoms with Crippen molar-refractivity contribution in [2.24, 2.45) is 0 Å². The van der Waals surface area contributed by atoms with E-state index in [0.717, 1.165) is 33.4 Å². The van der Waals surface area contributed by atoms with E-state index in [2.05, 4.69) is 6.58 Å². The standard InChI is InChI=1S/C58H64O11/c1-2-3-34-62-57-56(66-40-48-32-20-9-21-33-48)54(64-38-46-28-16-7-17-29-46)52(50(68-57)42-61-36-44-24-12-5-13-25-44)69-58-55(65-39-47-30-18-8-19-31-47)53(63-37-45-26-14-6-15-27-45)51(59)49(67-58)41-60-35-43-22-10-4-11-23-43/h2,4-33,49-59H,1,3,34-42H2/t49?,50-,51-,52+,53-,54?,55?,56?,57+,58-/m0/s1. The van der Waals surface area contributed by atoms with Crippen molar-refractivity contribution in [2.75, 3.05) is 19.8 Å². The van der Waals surface area contributed by atoms with Crippen LogP contribution in [0.1, 0.15) is 39.8 Å². The molecule has 8 rings (SSSR count). The summed E-state index contributed by atoms with van der Waals surface area (Å²) in [6.07, 6.45) is -6.90. The van der Waals surface area contributed by atoms with Gasteiger partial charge in [-0.25, -0.2) is 0 Å². The van der Waals surface area contributed by atoms with Crippen molar-refractivity contribution >= 4 is 0 Å². The van der Waals surface area contributed by atoms with E-state index in [4.69, 9.17) is 47.4 Å². The largest absolute Gasteiger partial charge is 0.387 e. The summed E-state index contributed by atoms with van der Waals surface area (Å²) in [5.41, 5.74) is 5.76. The zero-order valence-corrected chi connectivity index (χ0v) is 39.0. The highest BCUT2D eigenvalue weighted by atomic mass is 16.8. The number of benzene rings is 6. The third-order valence-electron chi connectivity index (χ3n) is 12.0. The Morgan fingerprint density at radius 2 is 0.739 bits per heavy atom. The summed E-state index contributed by atoms with van der Waals surface area (Å²) in [5.74, 6) is 0. The molecule has 6 aromatic carbocycles. The van der Waals surface area contributed by atoms with Crippen LogP contribution in [0.5, 0.6) is 0 Å². The molecule has 0 saturated carbocycles. The first-order valence-electron chi connectivity index (χ1n) is 23.8. The van der Waals surface area contributed by atoms with Gasteiger partial charge in [0.05, 0.1) is 59.5 Å². The summed E-state index contributed by atoms with van der Waals surface area (Å²) in [6.45, 7) is 5.87. The summed E-state index contributed by atoms with van der Waals surface area (Å²) in [5, 5.41) is 12.3. The Bertz CT molecular complexity index is 2310. The highest BCUT2D eigenvalue weighted by molar-refractivity contribution is 5.18. The third kappa shape index (κ3) is 15.1. The number of rotatable bonds is 26. The van der Waals surface area contributed by atoms with Gasteiger partial charge in [-0.15, -0.1) is 6.58 Å². The molecule has 6 aromatic rings. The van der Waals surface area contributed by atoms with E-state index in [9.17, 15) is 5.11 Å². The van der Waals surface area contributed by atoms with Crippen LogP contribution in [0.4, 0.5) is 0 Å². The maximum atomic E-state index is 12.3. The van der Waals surface area contributed by atoms with Gasteiger partial charge >= 0.3 is 0 Å². The number of hydrogen-bond donors (Lipinski definition) is 1. The maximum Gasteiger partial charge on any atom is 0.187 e. The second-order valence-corrected chi connectivity index (χ2v) is 17.2. The van der Waals surface area contributed by atoms with Crippen LogP contribution in [0.15, 0.2) is 195 Å². The molecular formula is C58H64O11. The fourth-order valence-electron chi connectivity index (χ4n) is 8.41. The van der Waals surface area contributed by atoms with Gasteiger partial charge in [0.2, 0.25) is 0 Å². The van der Waals surface area contributed by atoms with Gasteiger partial charge in [0, 0.05) is 0 Å². The molecule has 0 aliphatic carbocycles. The fourth-order valence-corrected chi connectivity index (χ4v) is 8.41. The summed E-state index contributed by atoms with van der Waals surface area (Å²) in [4.78, 5) is 0. The van der Waals surface area contributed by atoms with Crippen LogP contribution in [0.3, 0.4) is 0 Å². The van der Waals surface area contributed by atoms with E-state index in [0.29, 0.717) is 26.2 Å². The molecule has 4 unspecified atom stereocenters. The summed E-state index contributed by atoms with van der Waals surface area (Å²) in [6, 6.07) is 59.4. The van der Waals surface area contributed by atoms with Gasteiger partial charge in [-0.1, -0.05) is 188 Å². The van der Waals surface area contributed by atoms with Crippen LogP contribution in [-0.2, 0) is 87.0 Å². The zero-order valence-electron chi connectivity index (χ0n) is 39.0. The number of aliphatic hydroxyl groups is 1. The van der Waals surface area contributed by atoms with Crippen LogP contribution >= 0.6 is 0 Å². The Kier molecular flexibility index (Phi) is 19.7. The van der Waals surface area contributed by atoms with E-state index in [1.54, 1.807) is 6.08 Å². The van der Waals surface area contributed by atoms with Crippen LogP contribution in [0.2, 0.25) is 0 Å². The van der Waals surface area contributed by atoms with E-state index in [1.165, 1.54) is 0 Å². The maximum absolute atomic E-state index is 12.3. The van der Waals surface area contributed by atoms with Crippen molar-refractivity contribution in [3.05, 3.63) is 228 Å². The van der Waals surface area contributed by atoms with Crippen molar-refractivity contribution in [3.63, 3.8) is 0 Å². The minimum absolute atomic E-state index is 0.0350. The van der Waals surface area contributed by atoms with Crippen LogP contribution in [0.25, 0.3) is 0 Å². The monoisotopic (exact) mass is 936 g/mol. The number of hydrogen-bond acceptors (Lipinski definition) is 11. The lowest BCUT2D eigenvalue weighted by molar-refractivity contribution is -0.375. The van der Waals surface area contributed by atoms with E-state index in [1.807, 2.05) is 182 Å². The number of ether oxygens (including phenoxy) is 10. The van der Waals surface area contributed by atoms with Crippen LogP contribution in [-0.4, -0.2) is 86.3 Å². The molecule has 2 saturated heterocycles. The van der Waals surface area contributed by atoms with Crippen LogP contribution < -0.4 is 0 Å². The lowest BCUT2D eigenvalue weighted by Crippen LogP contribution is -2.66.